The van der Waals surface area contributed by atoms with E-state index >= 15 is 0 Å². The van der Waals surface area contributed by atoms with E-state index in [2.05, 4.69) is 30.7 Å². The average molecular weight is 452 g/mol. The van der Waals surface area contributed by atoms with Crippen LogP contribution in [0.15, 0.2) is 30.5 Å². The summed E-state index contributed by atoms with van der Waals surface area (Å²) in [5.74, 6) is 0.956. The summed E-state index contributed by atoms with van der Waals surface area (Å²) in [6.45, 7) is 1.95. The van der Waals surface area contributed by atoms with E-state index in [9.17, 15) is 18.0 Å². The molecule has 3 N–H and O–H groups in total. The monoisotopic (exact) mass is 452 g/mol. The zero-order chi connectivity index (χ0) is 23.3. The van der Waals surface area contributed by atoms with Crippen molar-refractivity contribution in [3.8, 4) is 5.75 Å². The number of carbonyl (C=O) groups is 1. The molecule has 1 aliphatic rings. The van der Waals surface area contributed by atoms with Crippen molar-refractivity contribution in [3.63, 3.8) is 0 Å². The van der Waals surface area contributed by atoms with Crippen molar-refractivity contribution in [1.29, 1.82) is 0 Å². The van der Waals surface area contributed by atoms with Gasteiger partial charge in [0.1, 0.15) is 5.82 Å². The lowest BCUT2D eigenvalue weighted by Gasteiger charge is -2.30. The summed E-state index contributed by atoms with van der Waals surface area (Å²) < 4.78 is 41.6. The fourth-order valence-electron chi connectivity index (χ4n) is 3.65. The maximum absolute atomic E-state index is 12.5. The van der Waals surface area contributed by atoms with Gasteiger partial charge in [-0.1, -0.05) is 12.1 Å². The molecule has 1 aliphatic carbocycles. The van der Waals surface area contributed by atoms with Gasteiger partial charge in [-0.15, -0.1) is 13.2 Å². The molecule has 32 heavy (non-hydrogen) atoms. The molecule has 1 fully saturated rings. The Morgan fingerprint density at radius 3 is 2.44 bits per heavy atom. The Labute approximate surface area is 184 Å². The van der Waals surface area contributed by atoms with E-state index in [1.54, 1.807) is 6.20 Å². The van der Waals surface area contributed by atoms with Gasteiger partial charge in [-0.05, 0) is 44.7 Å². The third kappa shape index (κ3) is 6.63. The summed E-state index contributed by atoms with van der Waals surface area (Å²) in [5.41, 5.74) is 0.938. The van der Waals surface area contributed by atoms with Crippen LogP contribution < -0.4 is 25.6 Å². The van der Waals surface area contributed by atoms with Crippen LogP contribution in [0.1, 0.15) is 31.2 Å². The third-order valence-corrected chi connectivity index (χ3v) is 5.13. The molecule has 0 bridgehead atoms. The van der Waals surface area contributed by atoms with Crippen LogP contribution in [-0.2, 0) is 0 Å². The number of aryl methyl sites for hydroxylation is 1. The van der Waals surface area contributed by atoms with Gasteiger partial charge < -0.3 is 25.6 Å². The molecular weight excluding hydrogens is 425 g/mol. The van der Waals surface area contributed by atoms with Crippen molar-refractivity contribution in [2.45, 2.75) is 51.1 Å². The van der Waals surface area contributed by atoms with Gasteiger partial charge in [0.15, 0.2) is 5.75 Å². The van der Waals surface area contributed by atoms with Crippen molar-refractivity contribution in [2.24, 2.45) is 0 Å². The topological polar surface area (TPSA) is 91.4 Å². The molecule has 0 atom stereocenters. The van der Waals surface area contributed by atoms with Crippen molar-refractivity contribution in [1.82, 2.24) is 15.3 Å². The number of nitrogens with one attached hydrogen (secondary N) is 3. The summed E-state index contributed by atoms with van der Waals surface area (Å²) in [5, 5.41) is 8.60. The van der Waals surface area contributed by atoms with Crippen molar-refractivity contribution >= 4 is 23.5 Å². The highest BCUT2D eigenvalue weighted by Gasteiger charge is 2.32. The number of ether oxygens (including phenoxy) is 1. The Hall–Kier alpha value is -3.24. The lowest BCUT2D eigenvalue weighted by atomic mass is 9.91. The number of benzene rings is 1. The molecule has 1 aromatic heterocycles. The number of hydrogen-bond donors (Lipinski definition) is 3. The van der Waals surface area contributed by atoms with E-state index in [4.69, 9.17) is 0 Å². The Morgan fingerprint density at radius 1 is 1.12 bits per heavy atom. The van der Waals surface area contributed by atoms with E-state index in [1.807, 2.05) is 25.9 Å². The third-order valence-electron chi connectivity index (χ3n) is 5.13. The first kappa shape index (κ1) is 23.4. The van der Waals surface area contributed by atoms with Crippen molar-refractivity contribution in [3.05, 3.63) is 36.0 Å². The van der Waals surface area contributed by atoms with Gasteiger partial charge >= 0.3 is 12.4 Å². The lowest BCUT2D eigenvalue weighted by molar-refractivity contribution is -0.274. The number of para-hydroxylation sites is 2. The number of carbonyl (C=O) groups excluding carboxylic acids is 1. The van der Waals surface area contributed by atoms with Crippen LogP contribution in [0.4, 0.5) is 35.4 Å². The van der Waals surface area contributed by atoms with Crippen LogP contribution in [0.2, 0.25) is 0 Å². The number of hydrogen-bond acceptors (Lipinski definition) is 6. The number of anilines is 3. The summed E-state index contributed by atoms with van der Waals surface area (Å²) in [6.07, 6.45) is -0.0203. The quantitative estimate of drug-likeness (QED) is 0.606. The molecule has 0 saturated heterocycles. The molecule has 0 unspecified atom stereocenters. The fourth-order valence-corrected chi connectivity index (χ4v) is 3.65. The molecule has 1 saturated carbocycles. The number of aromatic nitrogens is 2. The number of urea groups is 1. The molecule has 2 aromatic rings. The Morgan fingerprint density at radius 2 is 1.78 bits per heavy atom. The number of nitrogens with zero attached hydrogens (tertiary/aromatic N) is 3. The van der Waals surface area contributed by atoms with Gasteiger partial charge in [0, 0.05) is 37.9 Å². The summed E-state index contributed by atoms with van der Waals surface area (Å²) >= 11 is 0. The van der Waals surface area contributed by atoms with Crippen LogP contribution in [0.5, 0.6) is 5.75 Å². The normalized spacial score (nSPS) is 18.6. The Kier molecular flexibility index (Phi) is 7.26. The predicted octanol–water partition coefficient (Wildman–Crippen LogP) is 4.29. The number of rotatable bonds is 6. The highest BCUT2D eigenvalue weighted by molar-refractivity contribution is 5.91. The molecule has 0 aliphatic heterocycles. The van der Waals surface area contributed by atoms with Gasteiger partial charge in [-0.2, -0.15) is 4.98 Å². The van der Waals surface area contributed by atoms with Gasteiger partial charge in [0.05, 0.1) is 5.69 Å². The van der Waals surface area contributed by atoms with Gasteiger partial charge in [-0.25, -0.2) is 9.78 Å². The summed E-state index contributed by atoms with van der Waals surface area (Å²) in [4.78, 5) is 23.1. The van der Waals surface area contributed by atoms with Crippen molar-refractivity contribution in [2.75, 3.05) is 29.6 Å². The first-order valence-corrected chi connectivity index (χ1v) is 10.3. The summed E-state index contributed by atoms with van der Waals surface area (Å²) in [7, 11) is 3.85. The van der Waals surface area contributed by atoms with E-state index in [0.717, 1.165) is 43.1 Å². The first-order chi connectivity index (χ1) is 15.1. The molecule has 11 heteroatoms. The summed E-state index contributed by atoms with van der Waals surface area (Å²) in [6, 6.07) is 4.94. The number of amides is 2. The van der Waals surface area contributed by atoms with E-state index in [0.29, 0.717) is 5.95 Å². The molecule has 8 nitrogen and oxygen atoms in total. The zero-order valence-electron chi connectivity index (χ0n) is 18.2. The number of alkyl halides is 3. The van der Waals surface area contributed by atoms with Crippen molar-refractivity contribution < 1.29 is 22.7 Å². The second-order valence-corrected chi connectivity index (χ2v) is 7.93. The van der Waals surface area contributed by atoms with E-state index < -0.39 is 18.1 Å². The minimum atomic E-state index is -4.84. The molecule has 174 valence electrons. The highest BCUT2D eigenvalue weighted by Crippen LogP contribution is 2.30. The largest absolute Gasteiger partial charge is 0.573 e. The molecule has 0 radical (unpaired) electrons. The number of halogens is 3. The maximum atomic E-state index is 12.5. The predicted molar refractivity (Wildman–Crippen MR) is 116 cm³/mol. The van der Waals surface area contributed by atoms with E-state index in [1.165, 1.54) is 18.2 Å². The van der Waals surface area contributed by atoms with Crippen LogP contribution in [-0.4, -0.2) is 48.5 Å². The van der Waals surface area contributed by atoms with Crippen LogP contribution in [0.3, 0.4) is 0 Å². The molecule has 0 spiro atoms. The second kappa shape index (κ2) is 9.92. The smallest absolute Gasteiger partial charge is 0.404 e. The molecule has 2 amide bonds. The minimum Gasteiger partial charge on any atom is -0.404 e. The standard InChI is InChI=1S/C21H27F3N6O2/c1-13-12-25-19(29-18(13)30(2)3)26-14-8-10-15(11-9-14)27-20(31)28-16-6-4-5-7-17(16)32-21(22,23)24/h4-7,12,14-15H,8-11H2,1-3H3,(H,25,26,29)(H2,27,28,31). The second-order valence-electron chi connectivity index (χ2n) is 7.93. The molecule has 3 rings (SSSR count). The average Bonchev–Trinajstić information content (AvgIpc) is 2.71. The van der Waals surface area contributed by atoms with Gasteiger partial charge in [-0.3, -0.25) is 0 Å². The lowest BCUT2D eigenvalue weighted by Crippen LogP contribution is -2.42. The van der Waals surface area contributed by atoms with Crippen LogP contribution in [0, 0.1) is 6.92 Å². The fraction of sp³-hybridized carbons (Fsp3) is 0.476. The Balaban J connectivity index is 1.49. The van der Waals surface area contributed by atoms with Gasteiger partial charge in [0.2, 0.25) is 5.95 Å². The molecule has 1 heterocycles. The molecular formula is C21H27F3N6O2. The van der Waals surface area contributed by atoms with Crippen LogP contribution in [0.25, 0.3) is 0 Å². The minimum absolute atomic E-state index is 0.0501. The first-order valence-electron chi connectivity index (χ1n) is 10.3. The maximum Gasteiger partial charge on any atom is 0.573 e. The molecule has 1 aromatic carbocycles. The van der Waals surface area contributed by atoms with Gasteiger partial charge in [0.25, 0.3) is 0 Å². The van der Waals surface area contributed by atoms with Crippen LogP contribution >= 0.6 is 0 Å². The van der Waals surface area contributed by atoms with E-state index in [-0.39, 0.29) is 17.8 Å². The highest BCUT2D eigenvalue weighted by atomic mass is 19.4. The zero-order valence-corrected chi connectivity index (χ0v) is 18.2. The SMILES string of the molecule is Cc1cnc(NC2CCC(NC(=O)Nc3ccccc3OC(F)(F)F)CC2)nc1N(C)C. The Bertz CT molecular complexity index is 930.